The van der Waals surface area contributed by atoms with Crippen LogP contribution in [0.1, 0.15) is 66.4 Å². The number of aromatic nitrogens is 4. The van der Waals surface area contributed by atoms with E-state index in [0.29, 0.717) is 6.04 Å². The van der Waals surface area contributed by atoms with Gasteiger partial charge in [-0.3, -0.25) is 0 Å². The van der Waals surface area contributed by atoms with Crippen LogP contribution in [0.5, 0.6) is 0 Å². The van der Waals surface area contributed by atoms with Gasteiger partial charge < -0.3 is 20.6 Å². The standard InChI is InChI=1S/C29H34N6/c1-2-13-30-18-28-32-17-27(33-28)21-8-5-19(6-9-21)22-10-7-20-11-12-24-26(16-23(20)15-22)35-29(34-24)25-4-3-14-31-25/h5-10,15,17,25,30-31H,2-4,11-14,16,18H2,1H3,(H,32,33)(H,34,35)/t25-/m0/s1. The number of hydrogen-bond donors (Lipinski definition) is 4. The first kappa shape index (κ1) is 22.3. The molecule has 6 nitrogen and oxygen atoms in total. The summed E-state index contributed by atoms with van der Waals surface area (Å²) in [6.45, 7) is 5.05. The zero-order valence-corrected chi connectivity index (χ0v) is 20.5. The molecule has 1 aliphatic carbocycles. The molecule has 2 aliphatic rings. The fourth-order valence-electron chi connectivity index (χ4n) is 5.39. The second kappa shape index (κ2) is 9.80. The monoisotopic (exact) mass is 466 g/mol. The Bertz CT molecular complexity index is 1290. The molecule has 1 saturated heterocycles. The van der Waals surface area contributed by atoms with E-state index in [2.05, 4.69) is 75.0 Å². The summed E-state index contributed by atoms with van der Waals surface area (Å²) < 4.78 is 0. The zero-order valence-electron chi connectivity index (χ0n) is 20.5. The Morgan fingerprint density at radius 3 is 2.66 bits per heavy atom. The summed E-state index contributed by atoms with van der Waals surface area (Å²) in [7, 11) is 0. The SMILES string of the molecule is CCCNCc1ncc(-c2ccc(-c3ccc4c(c3)Cc3[nH]c([C@@H]5CCCN5)nc3CC4)cc2)[nH]1. The highest BCUT2D eigenvalue weighted by Crippen LogP contribution is 2.31. The Kier molecular flexibility index (Phi) is 6.23. The molecule has 1 fully saturated rings. The molecule has 4 N–H and O–H groups in total. The molecule has 0 unspecified atom stereocenters. The van der Waals surface area contributed by atoms with Crippen molar-refractivity contribution in [2.75, 3.05) is 13.1 Å². The average molecular weight is 467 g/mol. The summed E-state index contributed by atoms with van der Waals surface area (Å²) in [5.41, 5.74) is 10.1. The number of imidazole rings is 2. The minimum Gasteiger partial charge on any atom is -0.344 e. The second-order valence-electron chi connectivity index (χ2n) is 9.85. The second-order valence-corrected chi connectivity index (χ2v) is 9.85. The smallest absolute Gasteiger partial charge is 0.123 e. The molecule has 2 aromatic carbocycles. The number of aromatic amines is 2. The molecule has 4 aromatic rings. The number of fused-ring (bicyclic) bond motifs is 2. The van der Waals surface area contributed by atoms with Gasteiger partial charge in [0.1, 0.15) is 11.6 Å². The van der Waals surface area contributed by atoms with Gasteiger partial charge in [-0.15, -0.1) is 0 Å². The van der Waals surface area contributed by atoms with Gasteiger partial charge in [0.15, 0.2) is 0 Å². The van der Waals surface area contributed by atoms with Gasteiger partial charge in [0.2, 0.25) is 0 Å². The van der Waals surface area contributed by atoms with E-state index in [4.69, 9.17) is 4.98 Å². The number of nitrogens with zero attached hydrogens (tertiary/aromatic N) is 2. The lowest BCUT2D eigenvalue weighted by atomic mass is 9.95. The van der Waals surface area contributed by atoms with E-state index < -0.39 is 0 Å². The summed E-state index contributed by atoms with van der Waals surface area (Å²) >= 11 is 0. The highest BCUT2D eigenvalue weighted by molar-refractivity contribution is 5.69. The molecule has 0 saturated carbocycles. The van der Waals surface area contributed by atoms with Gasteiger partial charge in [0, 0.05) is 12.1 Å². The maximum absolute atomic E-state index is 4.99. The Morgan fingerprint density at radius 2 is 1.83 bits per heavy atom. The van der Waals surface area contributed by atoms with Crippen LogP contribution >= 0.6 is 0 Å². The summed E-state index contributed by atoms with van der Waals surface area (Å²) in [6.07, 6.45) is 8.47. The molecule has 1 aliphatic heterocycles. The van der Waals surface area contributed by atoms with Crippen molar-refractivity contribution < 1.29 is 0 Å². The Balaban J connectivity index is 1.20. The summed E-state index contributed by atoms with van der Waals surface area (Å²) in [4.78, 5) is 16.6. The van der Waals surface area contributed by atoms with Crippen LogP contribution < -0.4 is 10.6 Å². The van der Waals surface area contributed by atoms with Crippen LogP contribution in [0.4, 0.5) is 0 Å². The van der Waals surface area contributed by atoms with E-state index in [0.717, 1.165) is 68.2 Å². The first-order valence-corrected chi connectivity index (χ1v) is 13.0. The number of rotatable bonds is 7. The number of nitrogens with one attached hydrogen (secondary N) is 4. The van der Waals surface area contributed by atoms with Crippen molar-refractivity contribution in [1.82, 2.24) is 30.6 Å². The van der Waals surface area contributed by atoms with Crippen molar-refractivity contribution in [3.63, 3.8) is 0 Å². The van der Waals surface area contributed by atoms with Crippen molar-refractivity contribution in [2.45, 2.75) is 58.0 Å². The quantitative estimate of drug-likeness (QED) is 0.286. The Labute approximate surface area is 207 Å². The zero-order chi connectivity index (χ0) is 23.6. The van der Waals surface area contributed by atoms with Gasteiger partial charge in [-0.25, -0.2) is 9.97 Å². The van der Waals surface area contributed by atoms with Crippen LogP contribution in [0.2, 0.25) is 0 Å². The number of aryl methyl sites for hydroxylation is 2. The van der Waals surface area contributed by atoms with E-state index in [1.807, 2.05) is 6.20 Å². The lowest BCUT2D eigenvalue weighted by Crippen LogP contribution is -2.14. The summed E-state index contributed by atoms with van der Waals surface area (Å²) in [6, 6.07) is 16.2. The van der Waals surface area contributed by atoms with Gasteiger partial charge in [-0.2, -0.15) is 0 Å². The number of benzene rings is 2. The van der Waals surface area contributed by atoms with Gasteiger partial charge in [-0.1, -0.05) is 49.4 Å². The van der Waals surface area contributed by atoms with Gasteiger partial charge in [-0.05, 0) is 73.0 Å². The molecule has 3 heterocycles. The summed E-state index contributed by atoms with van der Waals surface area (Å²) in [5.74, 6) is 2.11. The maximum atomic E-state index is 4.99. The normalized spacial score (nSPS) is 17.2. The van der Waals surface area contributed by atoms with Crippen molar-refractivity contribution >= 4 is 0 Å². The molecule has 0 amide bonds. The Hall–Kier alpha value is -3.22. The minimum absolute atomic E-state index is 0.393. The largest absolute Gasteiger partial charge is 0.344 e. The molecular weight excluding hydrogens is 432 g/mol. The number of H-pyrrole nitrogens is 2. The molecule has 0 bridgehead atoms. The van der Waals surface area contributed by atoms with E-state index >= 15 is 0 Å². The molecule has 2 aromatic heterocycles. The fraction of sp³-hybridized carbons (Fsp3) is 0.379. The highest BCUT2D eigenvalue weighted by atomic mass is 15.0. The average Bonchev–Trinajstić information content (AvgIpc) is 3.64. The Morgan fingerprint density at radius 1 is 0.971 bits per heavy atom. The first-order chi connectivity index (χ1) is 17.3. The molecule has 180 valence electrons. The van der Waals surface area contributed by atoms with Gasteiger partial charge in [0.05, 0.1) is 30.2 Å². The third-order valence-electron chi connectivity index (χ3n) is 7.35. The van der Waals surface area contributed by atoms with Gasteiger partial charge >= 0.3 is 0 Å². The van der Waals surface area contributed by atoms with Crippen molar-refractivity contribution in [3.8, 4) is 22.4 Å². The van der Waals surface area contributed by atoms with E-state index in [-0.39, 0.29) is 0 Å². The van der Waals surface area contributed by atoms with Crippen LogP contribution in [0.3, 0.4) is 0 Å². The minimum atomic E-state index is 0.393. The van der Waals surface area contributed by atoms with Crippen molar-refractivity contribution in [1.29, 1.82) is 0 Å². The third-order valence-corrected chi connectivity index (χ3v) is 7.35. The first-order valence-electron chi connectivity index (χ1n) is 13.0. The molecule has 6 heteroatoms. The molecule has 35 heavy (non-hydrogen) atoms. The molecular formula is C29H34N6. The van der Waals surface area contributed by atoms with Gasteiger partial charge in [0.25, 0.3) is 0 Å². The molecule has 0 radical (unpaired) electrons. The molecule has 6 rings (SSSR count). The van der Waals surface area contributed by atoms with E-state index in [1.54, 1.807) is 0 Å². The molecule has 0 spiro atoms. The number of hydrogen-bond acceptors (Lipinski definition) is 4. The van der Waals surface area contributed by atoms with Crippen molar-refractivity contribution in [2.24, 2.45) is 0 Å². The lowest BCUT2D eigenvalue weighted by Gasteiger charge is -2.10. The maximum Gasteiger partial charge on any atom is 0.123 e. The summed E-state index contributed by atoms with van der Waals surface area (Å²) in [5, 5.41) is 6.97. The third kappa shape index (κ3) is 4.68. The predicted molar refractivity (Wildman–Crippen MR) is 140 cm³/mol. The lowest BCUT2D eigenvalue weighted by molar-refractivity contribution is 0.609. The highest BCUT2D eigenvalue weighted by Gasteiger charge is 2.23. The molecule has 1 atom stereocenters. The van der Waals surface area contributed by atoms with Crippen LogP contribution in [-0.4, -0.2) is 33.0 Å². The topological polar surface area (TPSA) is 81.4 Å². The van der Waals surface area contributed by atoms with E-state index in [1.165, 1.54) is 46.5 Å². The van der Waals surface area contributed by atoms with Crippen LogP contribution in [0, 0.1) is 0 Å². The fourth-order valence-corrected chi connectivity index (χ4v) is 5.39. The van der Waals surface area contributed by atoms with Crippen LogP contribution in [0.15, 0.2) is 48.7 Å². The predicted octanol–water partition coefficient (Wildman–Crippen LogP) is 5.08. The van der Waals surface area contributed by atoms with Crippen LogP contribution in [-0.2, 0) is 25.8 Å². The van der Waals surface area contributed by atoms with E-state index in [9.17, 15) is 0 Å². The van der Waals surface area contributed by atoms with Crippen molar-refractivity contribution in [3.05, 3.63) is 82.8 Å². The van der Waals surface area contributed by atoms with Crippen LogP contribution in [0.25, 0.3) is 22.4 Å².